The average molecular weight is 305 g/mol. The van der Waals surface area contributed by atoms with Gasteiger partial charge in [0.15, 0.2) is 11.5 Å². The molecule has 1 N–H and O–H groups in total. The number of hydrogen-bond donors (Lipinski definition) is 1. The van der Waals surface area contributed by atoms with E-state index < -0.39 is 12.5 Å². The molecule has 1 fully saturated rings. The van der Waals surface area contributed by atoms with E-state index in [9.17, 15) is 8.78 Å². The summed E-state index contributed by atoms with van der Waals surface area (Å²) in [7, 11) is 0. The van der Waals surface area contributed by atoms with Gasteiger partial charge in [-0.2, -0.15) is 0 Å². The van der Waals surface area contributed by atoms with Crippen LogP contribution in [0.1, 0.15) is 11.6 Å². The van der Waals surface area contributed by atoms with Gasteiger partial charge in [0.05, 0.1) is 6.04 Å². The van der Waals surface area contributed by atoms with Crippen LogP contribution in [0, 0.1) is 0 Å². The molecule has 3 rings (SSSR count). The number of halogens is 3. The summed E-state index contributed by atoms with van der Waals surface area (Å²) in [5.41, 5.74) is 0.396. The summed E-state index contributed by atoms with van der Waals surface area (Å²) < 4.78 is 37.5. The number of nitrogens with zero attached hydrogens (tertiary/aromatic N) is 1. The number of nitrogens with one attached hydrogen (secondary N) is 1. The molecule has 1 saturated heterocycles. The standard InChI is InChI=1S/C13H15ClF2N2O2/c14-9-6-11-10(19-7-20-11)5-8(9)12(13(15)16)18-3-1-17-2-4-18/h5-6,12-13,17H,1-4,7H2/t12-/m1/s1. The van der Waals surface area contributed by atoms with Gasteiger partial charge in [-0.05, 0) is 11.6 Å². The van der Waals surface area contributed by atoms with E-state index in [1.54, 1.807) is 17.0 Å². The Labute approximate surface area is 120 Å². The van der Waals surface area contributed by atoms with Crippen LogP contribution < -0.4 is 14.8 Å². The molecule has 7 heteroatoms. The first-order valence-electron chi connectivity index (χ1n) is 6.49. The van der Waals surface area contributed by atoms with E-state index in [1.807, 2.05) is 0 Å². The summed E-state index contributed by atoms with van der Waals surface area (Å²) in [4.78, 5) is 1.75. The molecule has 2 heterocycles. The first kappa shape index (κ1) is 13.9. The topological polar surface area (TPSA) is 33.7 Å². The molecule has 1 aromatic rings. The van der Waals surface area contributed by atoms with Gasteiger partial charge in [0.1, 0.15) is 0 Å². The van der Waals surface area contributed by atoms with Gasteiger partial charge in [-0.15, -0.1) is 0 Å². The lowest BCUT2D eigenvalue weighted by molar-refractivity contribution is 0.0181. The smallest absolute Gasteiger partial charge is 0.258 e. The third-order valence-electron chi connectivity index (χ3n) is 3.59. The van der Waals surface area contributed by atoms with Gasteiger partial charge < -0.3 is 14.8 Å². The maximum Gasteiger partial charge on any atom is 0.258 e. The molecule has 1 aromatic carbocycles. The van der Waals surface area contributed by atoms with E-state index in [4.69, 9.17) is 21.1 Å². The molecule has 20 heavy (non-hydrogen) atoms. The Hall–Kier alpha value is -1.11. The molecule has 0 amide bonds. The zero-order valence-electron chi connectivity index (χ0n) is 10.7. The number of rotatable bonds is 3. The van der Waals surface area contributed by atoms with Gasteiger partial charge in [0.25, 0.3) is 6.43 Å². The van der Waals surface area contributed by atoms with E-state index >= 15 is 0 Å². The van der Waals surface area contributed by atoms with Crippen LogP contribution in [0.5, 0.6) is 11.5 Å². The van der Waals surface area contributed by atoms with Crippen molar-refractivity contribution in [1.29, 1.82) is 0 Å². The van der Waals surface area contributed by atoms with E-state index in [2.05, 4.69) is 5.32 Å². The molecule has 110 valence electrons. The molecule has 0 radical (unpaired) electrons. The molecular weight excluding hydrogens is 290 g/mol. The first-order chi connectivity index (χ1) is 9.66. The third-order valence-corrected chi connectivity index (χ3v) is 3.92. The Kier molecular flexibility index (Phi) is 3.96. The fraction of sp³-hybridized carbons (Fsp3) is 0.538. The summed E-state index contributed by atoms with van der Waals surface area (Å²) >= 11 is 6.15. The molecule has 0 bridgehead atoms. The van der Waals surface area contributed by atoms with Crippen molar-refractivity contribution in [3.63, 3.8) is 0 Å². The summed E-state index contributed by atoms with van der Waals surface area (Å²) in [6.07, 6.45) is -2.51. The number of benzene rings is 1. The minimum absolute atomic E-state index is 0.0993. The number of alkyl halides is 2. The number of piperazine rings is 1. The molecule has 2 aliphatic heterocycles. The summed E-state index contributed by atoms with van der Waals surface area (Å²) in [6, 6.07) is 2.11. The van der Waals surface area contributed by atoms with Crippen LogP contribution in [-0.4, -0.2) is 44.3 Å². The summed E-state index contributed by atoms with van der Waals surface area (Å²) in [5.74, 6) is 0.984. The van der Waals surface area contributed by atoms with Gasteiger partial charge in [0.2, 0.25) is 6.79 Å². The second kappa shape index (κ2) is 5.71. The van der Waals surface area contributed by atoms with Crippen molar-refractivity contribution in [3.05, 3.63) is 22.7 Å². The van der Waals surface area contributed by atoms with E-state index in [1.165, 1.54) is 0 Å². The lowest BCUT2D eigenvalue weighted by Crippen LogP contribution is -2.47. The zero-order valence-corrected chi connectivity index (χ0v) is 11.5. The van der Waals surface area contributed by atoms with Crippen LogP contribution in [0.3, 0.4) is 0 Å². The highest BCUT2D eigenvalue weighted by atomic mass is 35.5. The zero-order chi connectivity index (χ0) is 14.1. The van der Waals surface area contributed by atoms with E-state index in [0.29, 0.717) is 43.2 Å². The summed E-state index contributed by atoms with van der Waals surface area (Å²) in [5, 5.41) is 3.44. The van der Waals surface area contributed by atoms with Crippen LogP contribution >= 0.6 is 11.6 Å². The predicted octanol–water partition coefficient (Wildman–Crippen LogP) is 2.28. The van der Waals surface area contributed by atoms with Crippen LogP contribution in [0.4, 0.5) is 8.78 Å². The number of fused-ring (bicyclic) bond motifs is 1. The molecular formula is C13H15ClF2N2O2. The lowest BCUT2D eigenvalue weighted by Gasteiger charge is -2.35. The Bertz CT molecular complexity index is 496. The van der Waals surface area contributed by atoms with Crippen molar-refractivity contribution in [2.75, 3.05) is 33.0 Å². The highest BCUT2D eigenvalue weighted by molar-refractivity contribution is 6.31. The average Bonchev–Trinajstić information content (AvgIpc) is 2.87. The Morgan fingerprint density at radius 3 is 2.45 bits per heavy atom. The molecule has 1 atom stereocenters. The van der Waals surface area contributed by atoms with Crippen molar-refractivity contribution < 1.29 is 18.3 Å². The van der Waals surface area contributed by atoms with Crippen molar-refractivity contribution >= 4 is 11.6 Å². The first-order valence-corrected chi connectivity index (χ1v) is 6.86. The van der Waals surface area contributed by atoms with Gasteiger partial charge in [0, 0.05) is 37.3 Å². The Balaban J connectivity index is 1.94. The molecule has 0 saturated carbocycles. The number of ether oxygens (including phenoxy) is 2. The fourth-order valence-electron chi connectivity index (χ4n) is 2.61. The van der Waals surface area contributed by atoms with Gasteiger partial charge in [-0.3, -0.25) is 4.90 Å². The monoisotopic (exact) mass is 304 g/mol. The van der Waals surface area contributed by atoms with Crippen LogP contribution in [0.25, 0.3) is 0 Å². The maximum atomic E-state index is 13.5. The molecule has 0 spiro atoms. The maximum absolute atomic E-state index is 13.5. The highest BCUT2D eigenvalue weighted by Crippen LogP contribution is 2.41. The minimum Gasteiger partial charge on any atom is -0.454 e. The number of hydrogen-bond acceptors (Lipinski definition) is 4. The SMILES string of the molecule is FC(F)[C@@H](c1cc2c(cc1Cl)OCO2)N1CCNCC1. The minimum atomic E-state index is -2.51. The molecule has 0 unspecified atom stereocenters. The highest BCUT2D eigenvalue weighted by Gasteiger charge is 2.33. The molecule has 0 aliphatic carbocycles. The van der Waals surface area contributed by atoms with Crippen LogP contribution in [0.2, 0.25) is 5.02 Å². The van der Waals surface area contributed by atoms with E-state index in [-0.39, 0.29) is 11.8 Å². The van der Waals surface area contributed by atoms with Crippen molar-refractivity contribution in [3.8, 4) is 11.5 Å². The van der Waals surface area contributed by atoms with Crippen LogP contribution in [0.15, 0.2) is 12.1 Å². The molecule has 2 aliphatic rings. The van der Waals surface area contributed by atoms with Gasteiger partial charge in [-0.25, -0.2) is 8.78 Å². The van der Waals surface area contributed by atoms with Crippen molar-refractivity contribution in [2.45, 2.75) is 12.5 Å². The van der Waals surface area contributed by atoms with Crippen molar-refractivity contribution in [1.82, 2.24) is 10.2 Å². The Morgan fingerprint density at radius 2 is 1.80 bits per heavy atom. The van der Waals surface area contributed by atoms with Gasteiger partial charge >= 0.3 is 0 Å². The van der Waals surface area contributed by atoms with E-state index in [0.717, 1.165) is 0 Å². The fourth-order valence-corrected chi connectivity index (χ4v) is 2.88. The Morgan fingerprint density at radius 1 is 1.15 bits per heavy atom. The van der Waals surface area contributed by atoms with Crippen LogP contribution in [-0.2, 0) is 0 Å². The quantitative estimate of drug-likeness (QED) is 0.929. The normalized spacial score (nSPS) is 20.4. The summed E-state index contributed by atoms with van der Waals surface area (Å²) in [6.45, 7) is 2.64. The lowest BCUT2D eigenvalue weighted by atomic mass is 10.0. The van der Waals surface area contributed by atoms with Gasteiger partial charge in [-0.1, -0.05) is 11.6 Å². The molecule has 0 aromatic heterocycles. The van der Waals surface area contributed by atoms with Crippen molar-refractivity contribution in [2.24, 2.45) is 0 Å². The third kappa shape index (κ3) is 2.55. The predicted molar refractivity (Wildman–Crippen MR) is 70.8 cm³/mol. The second-order valence-corrected chi connectivity index (χ2v) is 5.20. The largest absolute Gasteiger partial charge is 0.454 e. The molecule has 4 nitrogen and oxygen atoms in total. The second-order valence-electron chi connectivity index (χ2n) is 4.79.